The normalized spacial score (nSPS) is 22.3. The van der Waals surface area contributed by atoms with E-state index < -0.39 is 23.7 Å². The first-order chi connectivity index (χ1) is 13.8. The first kappa shape index (κ1) is 20.9. The molecule has 3 rings (SSSR count). The number of amidine groups is 1. The zero-order valence-corrected chi connectivity index (χ0v) is 15.9. The van der Waals surface area contributed by atoms with Crippen molar-refractivity contribution in [1.29, 1.82) is 0 Å². The predicted octanol–water partition coefficient (Wildman–Crippen LogP) is 1.98. The first-order valence-corrected chi connectivity index (χ1v) is 8.89. The van der Waals surface area contributed by atoms with E-state index in [0.29, 0.717) is 5.75 Å². The number of carbonyl (C=O) groups is 1. The summed E-state index contributed by atoms with van der Waals surface area (Å²) in [5.41, 5.74) is -3.23. The molecule has 1 saturated heterocycles. The maximum Gasteiger partial charge on any atom is 0.446 e. The molecule has 0 unspecified atom stereocenters. The molecule has 0 radical (unpaired) electrons. The number of benzene rings is 1. The lowest BCUT2D eigenvalue weighted by Gasteiger charge is -2.35. The third-order valence-corrected chi connectivity index (χ3v) is 4.28. The number of aliphatic imine (C=N–C) groups is 2. The number of methoxy groups -OCH3 is 1. The molecule has 2 aliphatic heterocycles. The molecule has 0 saturated carbocycles. The first-order valence-electron chi connectivity index (χ1n) is 8.89. The van der Waals surface area contributed by atoms with Gasteiger partial charge in [-0.2, -0.15) is 23.2 Å². The molecule has 2 heterocycles. The number of hydrogen-bond donors (Lipinski definition) is 0. The van der Waals surface area contributed by atoms with Crippen LogP contribution in [0, 0.1) is 0 Å². The van der Waals surface area contributed by atoms with E-state index in [2.05, 4.69) is 14.7 Å². The Morgan fingerprint density at radius 1 is 1.21 bits per heavy atom. The van der Waals surface area contributed by atoms with E-state index in [9.17, 15) is 18.0 Å². The van der Waals surface area contributed by atoms with Gasteiger partial charge in [0.05, 0.1) is 26.9 Å². The van der Waals surface area contributed by atoms with Crippen molar-refractivity contribution in [1.82, 2.24) is 4.90 Å². The standard InChI is InChI=1S/C18H20F3N3O5/c1-3-28-15(25)17(18(19,20)21)22-14(12-4-6-13(26-2)7-5-12)29-16(23-17)24-8-10-27-11-9-24/h4-7H,3,8-11H2,1-2H3/t17-/m0/s1. The highest BCUT2D eigenvalue weighted by Gasteiger charge is 2.65. The van der Waals surface area contributed by atoms with Gasteiger partial charge < -0.3 is 23.8 Å². The Bertz CT molecular complexity index is 804. The summed E-state index contributed by atoms with van der Waals surface area (Å²) in [6.07, 6.45) is -5.14. The molecule has 2 aliphatic rings. The fourth-order valence-electron chi connectivity index (χ4n) is 2.75. The molecule has 158 valence electrons. The van der Waals surface area contributed by atoms with Gasteiger partial charge in [0.1, 0.15) is 5.75 Å². The van der Waals surface area contributed by atoms with Crippen molar-refractivity contribution in [3.63, 3.8) is 0 Å². The van der Waals surface area contributed by atoms with E-state index in [1.165, 1.54) is 31.1 Å². The Hall–Kier alpha value is -2.82. The third kappa shape index (κ3) is 4.14. The van der Waals surface area contributed by atoms with Crippen LogP contribution in [-0.2, 0) is 19.0 Å². The largest absolute Gasteiger partial charge is 0.497 e. The number of morpholine rings is 1. The second kappa shape index (κ2) is 8.27. The molecule has 1 aromatic rings. The molecule has 1 atom stereocenters. The van der Waals surface area contributed by atoms with Crippen LogP contribution < -0.4 is 4.74 Å². The number of ether oxygens (including phenoxy) is 4. The number of esters is 1. The van der Waals surface area contributed by atoms with Crippen LogP contribution in [0.2, 0.25) is 0 Å². The Balaban J connectivity index is 2.11. The summed E-state index contributed by atoms with van der Waals surface area (Å²) in [4.78, 5) is 21.0. The molecule has 1 aromatic carbocycles. The van der Waals surface area contributed by atoms with Gasteiger partial charge in [0.2, 0.25) is 5.90 Å². The van der Waals surface area contributed by atoms with Crippen molar-refractivity contribution in [2.75, 3.05) is 40.0 Å². The van der Waals surface area contributed by atoms with Gasteiger partial charge in [-0.3, -0.25) is 0 Å². The van der Waals surface area contributed by atoms with Crippen LogP contribution in [0.3, 0.4) is 0 Å². The zero-order valence-electron chi connectivity index (χ0n) is 15.9. The summed E-state index contributed by atoms with van der Waals surface area (Å²) in [5.74, 6) is -1.51. The van der Waals surface area contributed by atoms with Crippen LogP contribution >= 0.6 is 0 Å². The molecule has 29 heavy (non-hydrogen) atoms. The van der Waals surface area contributed by atoms with E-state index in [0.717, 1.165) is 0 Å². The number of nitrogens with zero attached hydrogens (tertiary/aromatic N) is 3. The maximum absolute atomic E-state index is 14.1. The van der Waals surface area contributed by atoms with Crippen molar-refractivity contribution < 1.29 is 36.9 Å². The van der Waals surface area contributed by atoms with Crippen LogP contribution in [0.1, 0.15) is 12.5 Å². The van der Waals surface area contributed by atoms with Gasteiger partial charge in [-0.1, -0.05) is 0 Å². The Morgan fingerprint density at radius 2 is 1.86 bits per heavy atom. The number of alkyl halides is 3. The van der Waals surface area contributed by atoms with Crippen molar-refractivity contribution in [2.45, 2.75) is 18.8 Å². The van der Waals surface area contributed by atoms with Crippen LogP contribution in [0.4, 0.5) is 13.2 Å². The number of hydrogen-bond acceptors (Lipinski definition) is 8. The lowest BCUT2D eigenvalue weighted by Crippen LogP contribution is -2.56. The summed E-state index contributed by atoms with van der Waals surface area (Å²) in [6, 6.07) is 5.68. The summed E-state index contributed by atoms with van der Waals surface area (Å²) >= 11 is 0. The molecule has 0 aliphatic carbocycles. The van der Waals surface area contributed by atoms with Gasteiger partial charge in [0.15, 0.2) is 0 Å². The summed E-state index contributed by atoms with van der Waals surface area (Å²) < 4.78 is 62.8. The molecule has 11 heteroatoms. The van der Waals surface area contributed by atoms with Gasteiger partial charge in [-0.25, -0.2) is 4.79 Å². The van der Waals surface area contributed by atoms with Crippen molar-refractivity contribution in [3.8, 4) is 5.75 Å². The van der Waals surface area contributed by atoms with Crippen molar-refractivity contribution in [3.05, 3.63) is 29.8 Å². The number of carbonyl (C=O) groups excluding carboxylic acids is 1. The second-order valence-electron chi connectivity index (χ2n) is 6.13. The van der Waals surface area contributed by atoms with E-state index in [1.807, 2.05) is 0 Å². The lowest BCUT2D eigenvalue weighted by molar-refractivity contribution is -0.204. The van der Waals surface area contributed by atoms with Crippen LogP contribution in [0.5, 0.6) is 5.75 Å². The van der Waals surface area contributed by atoms with Gasteiger partial charge in [0, 0.05) is 18.7 Å². The van der Waals surface area contributed by atoms with Gasteiger partial charge in [-0.05, 0) is 31.2 Å². The van der Waals surface area contributed by atoms with Crippen LogP contribution in [0.25, 0.3) is 0 Å². The molecule has 0 aromatic heterocycles. The summed E-state index contributed by atoms with van der Waals surface area (Å²) in [7, 11) is 1.46. The SMILES string of the molecule is CCOC(=O)[C@]1(C(F)(F)F)N=C(c2ccc(OC)cc2)OC(N2CCOCC2)=N1. The van der Waals surface area contributed by atoms with Crippen molar-refractivity contribution in [2.24, 2.45) is 9.98 Å². The molecule has 0 amide bonds. The van der Waals surface area contributed by atoms with Crippen LogP contribution in [0.15, 0.2) is 34.3 Å². The molecule has 0 N–H and O–H groups in total. The fourth-order valence-corrected chi connectivity index (χ4v) is 2.75. The zero-order chi connectivity index (χ0) is 21.1. The minimum Gasteiger partial charge on any atom is -0.497 e. The lowest BCUT2D eigenvalue weighted by atomic mass is 10.1. The quantitative estimate of drug-likeness (QED) is 0.700. The summed E-state index contributed by atoms with van der Waals surface area (Å²) in [5, 5.41) is 0. The molecule has 0 bridgehead atoms. The highest BCUT2D eigenvalue weighted by molar-refractivity contribution is 6.05. The second-order valence-corrected chi connectivity index (χ2v) is 6.13. The average Bonchev–Trinajstić information content (AvgIpc) is 2.73. The minimum atomic E-state index is -5.14. The monoisotopic (exact) mass is 415 g/mol. The molecule has 0 spiro atoms. The van der Waals surface area contributed by atoms with Crippen molar-refractivity contribution >= 4 is 17.9 Å². The average molecular weight is 415 g/mol. The Kier molecular flexibility index (Phi) is 5.96. The van der Waals surface area contributed by atoms with Gasteiger partial charge in [0.25, 0.3) is 6.02 Å². The van der Waals surface area contributed by atoms with E-state index in [-0.39, 0.29) is 44.5 Å². The minimum absolute atomic E-state index is 0.226. The van der Waals surface area contributed by atoms with Gasteiger partial charge >= 0.3 is 17.8 Å². The molecule has 1 fully saturated rings. The van der Waals surface area contributed by atoms with E-state index >= 15 is 0 Å². The topological polar surface area (TPSA) is 82.0 Å². The number of rotatable bonds is 4. The number of halogens is 3. The van der Waals surface area contributed by atoms with Gasteiger partial charge in [-0.15, -0.1) is 0 Å². The maximum atomic E-state index is 14.1. The predicted molar refractivity (Wildman–Crippen MR) is 95.9 cm³/mol. The van der Waals surface area contributed by atoms with Crippen LogP contribution in [-0.4, -0.2) is 74.6 Å². The Labute approximate surface area is 164 Å². The summed E-state index contributed by atoms with van der Waals surface area (Å²) in [6.45, 7) is 2.23. The van der Waals surface area contributed by atoms with E-state index in [1.54, 1.807) is 12.1 Å². The highest BCUT2D eigenvalue weighted by atomic mass is 19.4. The molecular formula is C18H20F3N3O5. The third-order valence-electron chi connectivity index (χ3n) is 4.28. The fraction of sp³-hybridized carbons (Fsp3) is 0.500. The van der Waals surface area contributed by atoms with E-state index in [4.69, 9.17) is 14.2 Å². The molecule has 8 nitrogen and oxygen atoms in total. The molecular weight excluding hydrogens is 395 g/mol. The Morgan fingerprint density at radius 3 is 2.41 bits per heavy atom. The highest BCUT2D eigenvalue weighted by Crippen LogP contribution is 2.39. The smallest absolute Gasteiger partial charge is 0.446 e.